The molecule has 2 aliphatic rings. The minimum absolute atomic E-state index is 0.0291. The Morgan fingerprint density at radius 1 is 1.29 bits per heavy atom. The van der Waals surface area contributed by atoms with Crippen molar-refractivity contribution in [1.29, 1.82) is 0 Å². The van der Waals surface area contributed by atoms with Gasteiger partial charge in [0.25, 0.3) is 11.8 Å². The summed E-state index contributed by atoms with van der Waals surface area (Å²) in [7, 11) is 0. The van der Waals surface area contributed by atoms with Gasteiger partial charge in [0, 0.05) is 16.5 Å². The lowest BCUT2D eigenvalue weighted by Crippen LogP contribution is -2.70. The number of carbonyl (C=O) groups is 3. The largest absolute Gasteiger partial charge is 0.486 e. The van der Waals surface area contributed by atoms with Crippen LogP contribution in [0.4, 0.5) is 0 Å². The molecule has 1 saturated heterocycles. The summed E-state index contributed by atoms with van der Waals surface area (Å²) in [5, 5.41) is 21.5. The Balaban J connectivity index is 1.20. The van der Waals surface area contributed by atoms with E-state index in [0.29, 0.717) is 33.6 Å². The van der Waals surface area contributed by atoms with Gasteiger partial charge in [0.1, 0.15) is 40.2 Å². The molecule has 14 heteroatoms. The summed E-state index contributed by atoms with van der Waals surface area (Å²) in [5.41, 5.74) is 1.47. The van der Waals surface area contributed by atoms with Gasteiger partial charge < -0.3 is 19.6 Å². The Morgan fingerprint density at radius 2 is 2.11 bits per heavy atom. The number of aryl methyl sites for hydroxylation is 2. The van der Waals surface area contributed by atoms with Gasteiger partial charge in [-0.15, -0.1) is 22.0 Å². The van der Waals surface area contributed by atoms with E-state index >= 15 is 0 Å². The summed E-state index contributed by atoms with van der Waals surface area (Å²) < 4.78 is 12.0. The van der Waals surface area contributed by atoms with Crippen molar-refractivity contribution in [3.63, 3.8) is 0 Å². The number of carboxylic acid groups (broad SMARTS) is 1. The maximum atomic E-state index is 12.9. The van der Waals surface area contributed by atoms with Crippen LogP contribution in [0, 0.1) is 13.8 Å². The Morgan fingerprint density at radius 3 is 2.82 bits per heavy atom. The van der Waals surface area contributed by atoms with E-state index in [0.717, 1.165) is 14.9 Å². The first-order chi connectivity index (χ1) is 18.2. The maximum absolute atomic E-state index is 12.9. The SMILES string of the molecule is Cc1nnc(SCC2=C(C(=O)O)N3C(=O)[C@H](NC(=O)c4ccc(COc5ccc(Cl)c(C)c5)o4)[C@H]3SC2)s1. The number of hydrogen-bond acceptors (Lipinski definition) is 10. The molecule has 1 fully saturated rings. The van der Waals surface area contributed by atoms with Crippen molar-refractivity contribution in [2.45, 2.75) is 36.2 Å². The van der Waals surface area contributed by atoms with Gasteiger partial charge in [0.2, 0.25) is 0 Å². The number of furan rings is 1. The van der Waals surface area contributed by atoms with E-state index in [1.165, 1.54) is 45.8 Å². The second kappa shape index (κ2) is 11.0. The predicted octanol–water partition coefficient (Wildman–Crippen LogP) is 4.12. The molecule has 0 spiro atoms. The van der Waals surface area contributed by atoms with Gasteiger partial charge in [-0.3, -0.25) is 14.5 Å². The number of fused-ring (bicyclic) bond motifs is 1. The van der Waals surface area contributed by atoms with Crippen molar-refractivity contribution in [3.05, 3.63) is 68.7 Å². The van der Waals surface area contributed by atoms with Crippen LogP contribution in [0.2, 0.25) is 5.02 Å². The highest BCUT2D eigenvalue weighted by Gasteiger charge is 2.54. The number of nitrogens with one attached hydrogen (secondary N) is 1. The van der Waals surface area contributed by atoms with Gasteiger partial charge in [-0.2, -0.15) is 0 Å². The van der Waals surface area contributed by atoms with Crippen molar-refractivity contribution >= 4 is 64.2 Å². The minimum atomic E-state index is -1.18. The summed E-state index contributed by atoms with van der Waals surface area (Å²) in [6, 6.07) is 7.55. The van der Waals surface area contributed by atoms with Crippen molar-refractivity contribution < 1.29 is 28.6 Å². The zero-order valence-corrected chi connectivity index (χ0v) is 23.3. The van der Waals surface area contributed by atoms with Crippen LogP contribution >= 0.6 is 46.5 Å². The fraction of sp³-hybridized carbons (Fsp3) is 0.292. The molecule has 0 bridgehead atoms. The molecule has 0 radical (unpaired) electrons. The standard InChI is InChI=1S/C24H21ClN4O6S3/c1-11-7-14(3-5-16(11)25)34-8-15-4-6-17(35-15)20(30)26-18-21(31)29-19(23(32)33)13(9-36-22(18)29)10-37-24-28-27-12(2)38-24/h3-7,18,22H,8-10H2,1-2H3,(H,26,30)(H,32,33)/t18-,22+/m0/s1. The maximum Gasteiger partial charge on any atom is 0.352 e. The molecule has 0 aliphatic carbocycles. The highest BCUT2D eigenvalue weighted by atomic mass is 35.5. The van der Waals surface area contributed by atoms with E-state index in [1.807, 2.05) is 13.8 Å². The van der Waals surface area contributed by atoms with E-state index < -0.39 is 29.2 Å². The number of aliphatic carboxylic acids is 1. The van der Waals surface area contributed by atoms with Gasteiger partial charge in [0.15, 0.2) is 10.1 Å². The summed E-state index contributed by atoms with van der Waals surface area (Å²) in [5.74, 6) is -0.349. The molecule has 2 atom stereocenters. The number of rotatable bonds is 9. The van der Waals surface area contributed by atoms with Gasteiger partial charge in [-0.05, 0) is 55.3 Å². The first-order valence-corrected chi connectivity index (χ1v) is 14.6. The average molecular weight is 593 g/mol. The van der Waals surface area contributed by atoms with E-state index in [-0.39, 0.29) is 18.1 Å². The molecule has 38 heavy (non-hydrogen) atoms. The van der Waals surface area contributed by atoms with Gasteiger partial charge in [-0.1, -0.05) is 34.7 Å². The molecule has 2 amide bonds. The lowest BCUT2D eigenvalue weighted by Gasteiger charge is -2.49. The molecule has 2 aliphatic heterocycles. The van der Waals surface area contributed by atoms with Crippen molar-refractivity contribution in [2.75, 3.05) is 11.5 Å². The summed E-state index contributed by atoms with van der Waals surface area (Å²) in [4.78, 5) is 39.0. The summed E-state index contributed by atoms with van der Waals surface area (Å²) >= 11 is 10.3. The number of carboxylic acids is 1. The third kappa shape index (κ3) is 5.41. The number of aromatic nitrogens is 2. The Bertz CT molecular complexity index is 1450. The predicted molar refractivity (Wildman–Crippen MR) is 144 cm³/mol. The van der Waals surface area contributed by atoms with Crippen molar-refractivity contribution in [1.82, 2.24) is 20.4 Å². The smallest absolute Gasteiger partial charge is 0.352 e. The van der Waals surface area contributed by atoms with E-state index in [9.17, 15) is 19.5 Å². The number of halogens is 1. The van der Waals surface area contributed by atoms with Crippen LogP contribution in [0.25, 0.3) is 0 Å². The summed E-state index contributed by atoms with van der Waals surface area (Å²) in [6.07, 6.45) is 0. The number of β-lactam (4-membered cyclic amide) rings is 1. The summed E-state index contributed by atoms with van der Waals surface area (Å²) in [6.45, 7) is 3.82. The molecule has 5 rings (SSSR count). The molecule has 10 nitrogen and oxygen atoms in total. The second-order valence-electron chi connectivity index (χ2n) is 8.46. The highest BCUT2D eigenvalue weighted by molar-refractivity contribution is 8.01. The lowest BCUT2D eigenvalue weighted by molar-refractivity contribution is -0.148. The van der Waals surface area contributed by atoms with Gasteiger partial charge in [-0.25, -0.2) is 4.79 Å². The third-order valence-electron chi connectivity index (χ3n) is 5.81. The Kier molecular flexibility index (Phi) is 7.70. The monoisotopic (exact) mass is 592 g/mol. The Labute approximate surface area is 234 Å². The number of ether oxygens (including phenoxy) is 1. The molecule has 198 valence electrons. The molecule has 0 saturated carbocycles. The van der Waals surface area contributed by atoms with Gasteiger partial charge >= 0.3 is 5.97 Å². The third-order valence-corrected chi connectivity index (χ3v) is 9.63. The molecule has 4 heterocycles. The molecule has 1 aromatic carbocycles. The molecular formula is C24H21ClN4O6S3. The minimum Gasteiger partial charge on any atom is -0.486 e. The number of thioether (sulfide) groups is 2. The van der Waals surface area contributed by atoms with E-state index in [2.05, 4.69) is 15.5 Å². The zero-order valence-electron chi connectivity index (χ0n) is 20.1. The molecular weight excluding hydrogens is 572 g/mol. The fourth-order valence-corrected chi connectivity index (χ4v) is 7.35. The topological polar surface area (TPSA) is 135 Å². The highest BCUT2D eigenvalue weighted by Crippen LogP contribution is 2.42. The van der Waals surface area contributed by atoms with E-state index in [1.54, 1.807) is 24.3 Å². The lowest BCUT2D eigenvalue weighted by atomic mass is 10.0. The zero-order chi connectivity index (χ0) is 27.0. The van der Waals surface area contributed by atoms with Crippen molar-refractivity contribution in [3.8, 4) is 5.75 Å². The van der Waals surface area contributed by atoms with Crippen LogP contribution < -0.4 is 10.1 Å². The van der Waals surface area contributed by atoms with Crippen LogP contribution in [0.1, 0.15) is 26.9 Å². The van der Waals surface area contributed by atoms with Crippen LogP contribution in [0.3, 0.4) is 0 Å². The quantitative estimate of drug-likeness (QED) is 0.276. The second-order valence-corrected chi connectivity index (χ2v) is 12.4. The number of carbonyl (C=O) groups excluding carboxylic acids is 2. The molecule has 2 aromatic heterocycles. The number of hydrogen-bond donors (Lipinski definition) is 2. The number of benzene rings is 1. The van der Waals surface area contributed by atoms with Crippen LogP contribution in [0.5, 0.6) is 5.75 Å². The molecule has 3 aromatic rings. The molecule has 0 unspecified atom stereocenters. The Hall–Kier alpha value is -3.00. The normalized spacial score (nSPS) is 18.7. The first kappa shape index (κ1) is 26.6. The van der Waals surface area contributed by atoms with E-state index in [4.69, 9.17) is 20.8 Å². The van der Waals surface area contributed by atoms with Crippen molar-refractivity contribution in [2.24, 2.45) is 0 Å². The number of amides is 2. The fourth-order valence-electron chi connectivity index (χ4n) is 3.93. The number of nitrogens with zero attached hydrogens (tertiary/aromatic N) is 3. The van der Waals surface area contributed by atoms with Gasteiger partial charge in [0.05, 0.1) is 0 Å². The van der Waals surface area contributed by atoms with Crippen LogP contribution in [-0.2, 0) is 16.2 Å². The average Bonchev–Trinajstić information content (AvgIpc) is 3.54. The first-order valence-electron chi connectivity index (χ1n) is 11.3. The van der Waals surface area contributed by atoms with Crippen LogP contribution in [-0.4, -0.2) is 60.9 Å². The molecule has 2 N–H and O–H groups in total. The van der Waals surface area contributed by atoms with Crippen LogP contribution in [0.15, 0.2) is 50.4 Å².